The van der Waals surface area contributed by atoms with Gasteiger partial charge in [-0.1, -0.05) is 161 Å². The highest BCUT2D eigenvalue weighted by Gasteiger charge is 2.48. The third-order valence-corrected chi connectivity index (χ3v) is 17.4. The molecule has 0 saturated heterocycles. The molecule has 5 aromatic carbocycles. The van der Waals surface area contributed by atoms with Crippen molar-refractivity contribution in [2.75, 3.05) is 7.11 Å². The third-order valence-electron chi connectivity index (χ3n) is 15.2. The van der Waals surface area contributed by atoms with Crippen LogP contribution in [-0.4, -0.2) is 58.6 Å². The van der Waals surface area contributed by atoms with Crippen LogP contribution in [0, 0.1) is 11.8 Å². The monoisotopic (exact) mass is 1080 g/mol. The molecule has 4 aliphatic carbocycles. The Labute approximate surface area is 467 Å². The molecule has 6 aromatic rings. The smallest absolute Gasteiger partial charge is 0.194 e. The molecule has 0 spiro atoms. The third kappa shape index (κ3) is 18.3. The summed E-state index contributed by atoms with van der Waals surface area (Å²) in [6.07, 6.45) is 14.6. The Kier molecular flexibility index (Phi) is 22.2. The predicted octanol–water partition coefficient (Wildman–Crippen LogP) is 15.7. The fraction of sp³-hybridized carbons (Fsp3) is 0.471. The van der Waals surface area contributed by atoms with Crippen LogP contribution in [0.2, 0.25) is 0 Å². The lowest BCUT2D eigenvalue weighted by atomic mass is 9.80. The molecule has 0 radical (unpaired) electrons. The number of hydrogen-bond donors (Lipinski definition) is 1. The van der Waals surface area contributed by atoms with Crippen LogP contribution in [0.15, 0.2) is 139 Å². The van der Waals surface area contributed by atoms with Crippen molar-refractivity contribution < 1.29 is 32.6 Å². The molecule has 0 atom stereocenters. The van der Waals surface area contributed by atoms with Gasteiger partial charge in [0.15, 0.2) is 15.6 Å². The number of benzene rings is 5. The largest absolute Gasteiger partial charge is 0.494 e. The maximum atomic E-state index is 12.0. The molecule has 0 bridgehead atoms. The van der Waals surface area contributed by atoms with Gasteiger partial charge in [-0.15, -0.1) is 0 Å². The van der Waals surface area contributed by atoms with Crippen LogP contribution in [0.1, 0.15) is 212 Å². The van der Waals surface area contributed by atoms with E-state index in [1.54, 1.807) is 25.4 Å². The number of aromatic nitrogens is 2. The molecule has 418 valence electrons. The number of ketones is 3. The molecule has 4 fully saturated rings. The summed E-state index contributed by atoms with van der Waals surface area (Å²) in [5.41, 5.74) is 9.10. The fourth-order valence-corrected chi connectivity index (χ4v) is 10.8. The Hall–Kier alpha value is -5.97. The van der Waals surface area contributed by atoms with E-state index >= 15 is 0 Å². The van der Waals surface area contributed by atoms with Crippen molar-refractivity contribution in [1.82, 2.24) is 9.78 Å². The van der Waals surface area contributed by atoms with Crippen molar-refractivity contribution >= 4 is 27.2 Å². The summed E-state index contributed by atoms with van der Waals surface area (Å²) in [7, 11) is -1.33. The van der Waals surface area contributed by atoms with Crippen molar-refractivity contribution in [3.8, 4) is 11.4 Å². The zero-order valence-corrected chi connectivity index (χ0v) is 49.3. The van der Waals surface area contributed by atoms with Crippen molar-refractivity contribution in [1.29, 1.82) is 0 Å². The molecule has 1 heterocycles. The van der Waals surface area contributed by atoms with Crippen LogP contribution in [0.4, 0.5) is 0 Å². The number of hydrogen-bond acceptors (Lipinski definition) is 8. The number of methoxy groups -OCH3 is 1. The van der Waals surface area contributed by atoms with E-state index in [1.165, 1.54) is 47.1 Å². The van der Waals surface area contributed by atoms with E-state index in [9.17, 15) is 27.9 Å². The number of carbonyl (C=O) groups is 3. The average molecular weight is 1080 g/mol. The van der Waals surface area contributed by atoms with Gasteiger partial charge in [-0.25, -0.2) is 13.1 Å². The van der Waals surface area contributed by atoms with Crippen molar-refractivity contribution in [2.24, 2.45) is 11.8 Å². The highest BCUT2D eigenvalue weighted by atomic mass is 32.2. The number of Topliss-reactive ketones (excluding diaryl/α,β-unsaturated/α-hetero) is 3. The lowest BCUT2D eigenvalue weighted by Gasteiger charge is -2.23. The molecule has 1 aromatic heterocycles. The molecule has 4 aliphatic rings. The van der Waals surface area contributed by atoms with Crippen LogP contribution >= 0.6 is 0 Å². The average Bonchev–Trinajstić information content (AvgIpc) is 4.36. The molecule has 0 aliphatic heterocycles. The molecular weight excluding hydrogens is 989 g/mol. The van der Waals surface area contributed by atoms with Gasteiger partial charge in [-0.3, -0.25) is 14.4 Å². The Balaban J connectivity index is 0.000000158. The van der Waals surface area contributed by atoms with Gasteiger partial charge in [-0.05, 0) is 162 Å². The normalized spacial score (nSPS) is 15.4. The van der Waals surface area contributed by atoms with Gasteiger partial charge in [0.05, 0.1) is 17.3 Å². The first-order valence-electron chi connectivity index (χ1n) is 28.7. The van der Waals surface area contributed by atoms with Crippen LogP contribution in [-0.2, 0) is 32.3 Å². The summed E-state index contributed by atoms with van der Waals surface area (Å²) in [5, 5.41) is 13.8. The first kappa shape index (κ1) is 61.2. The minimum atomic E-state index is -3.02. The van der Waals surface area contributed by atoms with Gasteiger partial charge in [-0.2, -0.15) is 5.10 Å². The van der Waals surface area contributed by atoms with Crippen LogP contribution in [0.25, 0.3) is 5.69 Å². The lowest BCUT2D eigenvalue weighted by Crippen LogP contribution is -2.23. The fourth-order valence-electron chi connectivity index (χ4n) is 9.07. The number of rotatable bonds is 18. The minimum Gasteiger partial charge on any atom is -0.494 e. The van der Waals surface area contributed by atoms with Crippen LogP contribution in [0.5, 0.6) is 5.75 Å². The molecule has 78 heavy (non-hydrogen) atoms. The predicted molar refractivity (Wildman–Crippen MR) is 317 cm³/mol. The second kappa shape index (κ2) is 28.3. The molecule has 4 saturated carbocycles. The van der Waals surface area contributed by atoms with E-state index in [0.717, 1.165) is 54.7 Å². The van der Waals surface area contributed by atoms with Crippen molar-refractivity contribution in [2.45, 2.75) is 192 Å². The second-order valence-electron chi connectivity index (χ2n) is 23.6. The van der Waals surface area contributed by atoms with E-state index in [1.807, 2.05) is 59.4 Å². The standard InChI is InChI=1S/2C15H20O.C13H16N2O.C13H16O2.C12H16O2S/c1-11(2)14-8-3-5-12(9-14)10-15(16)13-6-4-7-13;1-11(2)14-5-3-4-13(8-14)10-15(16)9-12-6-7-12;1-10(2)11-5-6-12(13(9-11)16-3)15-8-4-7-14-15;1-9(2)10-4-3-5-11(8-10)12(14)13(15)6-7-13;1-9(2)10-4-3-5-12(8-10)15(13,14)11-6-7-11/h3,5,8-9,11,13H,4,6-7,10H2,1-2H3;3-5,8,11-12H,6-7,9-10H2,1-2H3;4-10H,1-3H3;3-5,8-9,15H,6-7H2,1-2H3;3-5,8-9,11H,6-7H2,1-2H3. The Bertz CT molecular complexity index is 3010. The maximum Gasteiger partial charge on any atom is 0.194 e. The van der Waals surface area contributed by atoms with Gasteiger partial charge >= 0.3 is 0 Å². The molecule has 0 amide bonds. The summed E-state index contributed by atoms with van der Waals surface area (Å²) >= 11 is 0. The van der Waals surface area contributed by atoms with E-state index < -0.39 is 15.4 Å². The Morgan fingerprint density at radius 1 is 0.615 bits per heavy atom. The molecule has 10 heteroatoms. The van der Waals surface area contributed by atoms with Gasteiger partial charge in [0.1, 0.15) is 28.6 Å². The summed E-state index contributed by atoms with van der Waals surface area (Å²) in [6, 6.07) is 40.0. The zero-order valence-electron chi connectivity index (χ0n) is 48.5. The first-order valence-corrected chi connectivity index (χ1v) is 30.2. The van der Waals surface area contributed by atoms with Gasteiger partial charge in [0, 0.05) is 43.1 Å². The zero-order chi connectivity index (χ0) is 56.7. The van der Waals surface area contributed by atoms with Gasteiger partial charge in [0.25, 0.3) is 0 Å². The lowest BCUT2D eigenvalue weighted by molar-refractivity contribution is -0.124. The Morgan fingerprint density at radius 2 is 1.13 bits per heavy atom. The number of sulfone groups is 1. The molecule has 9 nitrogen and oxygen atoms in total. The highest BCUT2D eigenvalue weighted by Crippen LogP contribution is 2.39. The van der Waals surface area contributed by atoms with Gasteiger partial charge in [0.2, 0.25) is 0 Å². The summed E-state index contributed by atoms with van der Waals surface area (Å²) in [5.74, 6) is 5.02. The summed E-state index contributed by atoms with van der Waals surface area (Å²) in [4.78, 5) is 36.0. The molecule has 10 rings (SSSR count). The summed E-state index contributed by atoms with van der Waals surface area (Å²) < 4.78 is 31.1. The van der Waals surface area contributed by atoms with E-state index in [2.05, 4.69) is 135 Å². The number of nitrogens with zero attached hydrogens (tertiary/aromatic N) is 2. The van der Waals surface area contributed by atoms with Crippen LogP contribution in [0.3, 0.4) is 0 Å². The molecule has 1 N–H and O–H groups in total. The van der Waals surface area contributed by atoms with Crippen molar-refractivity contribution in [3.05, 3.63) is 178 Å². The molecular formula is C68H88N2O7S. The van der Waals surface area contributed by atoms with E-state index in [-0.39, 0.29) is 11.0 Å². The minimum absolute atomic E-state index is 0.111. The maximum absolute atomic E-state index is 12.0. The van der Waals surface area contributed by atoms with Crippen molar-refractivity contribution in [3.63, 3.8) is 0 Å². The number of carbonyl (C=O) groups excluding carboxylic acids is 3. The molecule has 0 unspecified atom stereocenters. The second-order valence-corrected chi connectivity index (χ2v) is 25.8. The van der Waals surface area contributed by atoms with Gasteiger partial charge < -0.3 is 9.84 Å². The number of aliphatic hydroxyl groups is 1. The topological polar surface area (TPSA) is 133 Å². The van der Waals surface area contributed by atoms with Crippen LogP contribution < -0.4 is 4.74 Å². The van der Waals surface area contributed by atoms with E-state index in [4.69, 9.17) is 4.74 Å². The first-order chi connectivity index (χ1) is 37.1. The highest BCUT2D eigenvalue weighted by molar-refractivity contribution is 7.92. The quantitative estimate of drug-likeness (QED) is 0.0842. The number of ether oxygens (including phenoxy) is 1. The van der Waals surface area contributed by atoms with E-state index in [0.29, 0.717) is 89.1 Å². The SMILES string of the molecule is CC(C)c1cccc(C(=O)C2(O)CC2)c1.CC(C)c1cccc(CC(=O)C2CCC2)c1.CC(C)c1cccc(CC(=O)CC2CC2)c1.CC(C)c1cccc(S(=O)(=O)C2CC2)c1.COc1cc(C(C)C)ccc1-n1cccn1. The Morgan fingerprint density at radius 3 is 1.60 bits per heavy atom. The summed E-state index contributed by atoms with van der Waals surface area (Å²) in [6.45, 7) is 21.4.